The van der Waals surface area contributed by atoms with Crippen molar-refractivity contribution in [3.8, 4) is 0 Å². The Morgan fingerprint density at radius 2 is 1.96 bits per heavy atom. The van der Waals surface area contributed by atoms with Crippen LogP contribution in [0.5, 0.6) is 0 Å². The van der Waals surface area contributed by atoms with Crippen LogP contribution in [0.25, 0.3) is 0 Å². The number of aryl methyl sites for hydroxylation is 1. The first-order chi connectivity index (χ1) is 13.6. The van der Waals surface area contributed by atoms with E-state index in [1.807, 2.05) is 23.5 Å². The van der Waals surface area contributed by atoms with Gasteiger partial charge in [-0.15, -0.1) is 23.5 Å². The third-order valence-corrected chi connectivity index (χ3v) is 8.19. The maximum absolute atomic E-state index is 11.2. The van der Waals surface area contributed by atoms with Gasteiger partial charge in [0.2, 0.25) is 0 Å². The number of thioether (sulfide) groups is 2. The standard InChI is InChI=1S/C23H27NO2S2/c1-16-6-7-21-20(14-16)22(19-5-3-2-4-18(19)15-28-21)27-13-12-24-10-8-17(9-11-24)23(25)26/h2-7,14,17,22H,8-13,15H2,1H3,(H,25,26). The first-order valence-corrected chi connectivity index (χ1v) is 12.0. The number of aliphatic carboxylic acids is 1. The van der Waals surface area contributed by atoms with Crippen LogP contribution in [0.1, 0.15) is 40.3 Å². The Balaban J connectivity index is 1.46. The van der Waals surface area contributed by atoms with Gasteiger partial charge >= 0.3 is 5.97 Å². The summed E-state index contributed by atoms with van der Waals surface area (Å²) in [5.41, 5.74) is 5.67. The molecule has 0 amide bonds. The van der Waals surface area contributed by atoms with E-state index in [4.69, 9.17) is 0 Å². The number of hydrogen-bond donors (Lipinski definition) is 1. The number of nitrogens with zero attached hydrogens (tertiary/aromatic N) is 1. The lowest BCUT2D eigenvalue weighted by molar-refractivity contribution is -0.143. The molecule has 1 fully saturated rings. The van der Waals surface area contributed by atoms with E-state index >= 15 is 0 Å². The highest BCUT2D eigenvalue weighted by Crippen LogP contribution is 2.46. The van der Waals surface area contributed by atoms with E-state index in [2.05, 4.69) is 54.3 Å². The molecule has 0 radical (unpaired) electrons. The molecule has 2 aliphatic rings. The van der Waals surface area contributed by atoms with Crippen LogP contribution in [-0.4, -0.2) is 41.4 Å². The summed E-state index contributed by atoms with van der Waals surface area (Å²) in [5, 5.41) is 9.55. The Morgan fingerprint density at radius 3 is 2.75 bits per heavy atom. The van der Waals surface area contributed by atoms with Gasteiger partial charge in [0.15, 0.2) is 0 Å². The minimum absolute atomic E-state index is 0.149. The van der Waals surface area contributed by atoms with E-state index in [1.54, 1.807) is 0 Å². The van der Waals surface area contributed by atoms with Gasteiger partial charge in [-0.2, -0.15) is 0 Å². The SMILES string of the molecule is Cc1ccc2c(c1)C(SCCN1CCC(C(=O)O)CC1)c1ccccc1CS2. The number of hydrogen-bond acceptors (Lipinski definition) is 4. The molecule has 2 aliphatic heterocycles. The van der Waals surface area contributed by atoms with Gasteiger partial charge in [0.05, 0.1) is 11.2 Å². The second-order valence-electron chi connectivity index (χ2n) is 7.73. The second kappa shape index (κ2) is 8.93. The number of benzene rings is 2. The van der Waals surface area contributed by atoms with E-state index in [0.29, 0.717) is 5.25 Å². The van der Waals surface area contributed by atoms with Gasteiger partial charge in [0.25, 0.3) is 0 Å². The fourth-order valence-corrected chi connectivity index (χ4v) is 6.67. The van der Waals surface area contributed by atoms with Crippen LogP contribution in [0.2, 0.25) is 0 Å². The van der Waals surface area contributed by atoms with Crippen molar-refractivity contribution >= 4 is 29.5 Å². The number of fused-ring (bicyclic) bond motifs is 2. The van der Waals surface area contributed by atoms with Crippen LogP contribution in [0.3, 0.4) is 0 Å². The number of rotatable bonds is 5. The van der Waals surface area contributed by atoms with Crippen molar-refractivity contribution in [1.82, 2.24) is 4.90 Å². The Morgan fingerprint density at radius 1 is 1.18 bits per heavy atom. The van der Waals surface area contributed by atoms with Crippen molar-refractivity contribution in [2.45, 2.75) is 35.7 Å². The van der Waals surface area contributed by atoms with Crippen LogP contribution >= 0.6 is 23.5 Å². The molecule has 2 aromatic rings. The monoisotopic (exact) mass is 413 g/mol. The zero-order chi connectivity index (χ0) is 19.5. The minimum Gasteiger partial charge on any atom is -0.481 e. The molecule has 1 atom stereocenters. The van der Waals surface area contributed by atoms with Crippen LogP contribution < -0.4 is 0 Å². The average Bonchev–Trinajstić information content (AvgIpc) is 2.85. The molecule has 1 saturated heterocycles. The molecular weight excluding hydrogens is 386 g/mol. The van der Waals surface area contributed by atoms with Gasteiger partial charge in [-0.05, 0) is 55.6 Å². The molecule has 1 N–H and O–H groups in total. The molecule has 4 rings (SSSR count). The third-order valence-electron chi connectivity index (χ3n) is 5.80. The predicted octanol–water partition coefficient (Wildman–Crippen LogP) is 5.22. The largest absolute Gasteiger partial charge is 0.481 e. The highest BCUT2D eigenvalue weighted by Gasteiger charge is 2.26. The molecule has 0 aromatic heterocycles. The number of carboxylic acid groups (broad SMARTS) is 1. The normalized spacial score (nSPS) is 20.2. The first-order valence-electron chi connectivity index (χ1n) is 10.00. The number of piperidine rings is 1. The van der Waals surface area contributed by atoms with Crippen LogP contribution in [0.15, 0.2) is 47.4 Å². The van der Waals surface area contributed by atoms with Crippen LogP contribution in [0.4, 0.5) is 0 Å². The van der Waals surface area contributed by atoms with Gasteiger partial charge in [0.1, 0.15) is 0 Å². The summed E-state index contributed by atoms with van der Waals surface area (Å²) in [6.07, 6.45) is 1.57. The molecule has 0 spiro atoms. The van der Waals surface area contributed by atoms with E-state index in [1.165, 1.54) is 27.1 Å². The van der Waals surface area contributed by atoms with Gasteiger partial charge < -0.3 is 10.0 Å². The molecule has 5 heteroatoms. The molecule has 0 bridgehead atoms. The van der Waals surface area contributed by atoms with Gasteiger partial charge in [-0.3, -0.25) is 4.79 Å². The maximum Gasteiger partial charge on any atom is 0.306 e. The van der Waals surface area contributed by atoms with Crippen molar-refractivity contribution in [2.24, 2.45) is 5.92 Å². The molecule has 148 valence electrons. The molecule has 2 aromatic carbocycles. The topological polar surface area (TPSA) is 40.5 Å². The van der Waals surface area contributed by atoms with Crippen molar-refractivity contribution in [2.75, 3.05) is 25.4 Å². The molecule has 0 aliphatic carbocycles. The molecule has 0 saturated carbocycles. The van der Waals surface area contributed by atoms with Gasteiger partial charge in [0, 0.05) is 22.9 Å². The van der Waals surface area contributed by atoms with Crippen LogP contribution in [0, 0.1) is 12.8 Å². The Kier molecular flexibility index (Phi) is 6.34. The summed E-state index contributed by atoms with van der Waals surface area (Å²) in [6, 6.07) is 15.7. The quantitative estimate of drug-likeness (QED) is 0.728. The summed E-state index contributed by atoms with van der Waals surface area (Å²) < 4.78 is 0. The highest BCUT2D eigenvalue weighted by atomic mass is 32.2. The lowest BCUT2D eigenvalue weighted by atomic mass is 9.97. The average molecular weight is 414 g/mol. The van der Waals surface area contributed by atoms with Crippen molar-refractivity contribution in [1.29, 1.82) is 0 Å². The molecule has 3 nitrogen and oxygen atoms in total. The fourth-order valence-electron chi connectivity index (χ4n) is 4.13. The van der Waals surface area contributed by atoms with Crippen molar-refractivity contribution in [3.05, 3.63) is 64.7 Å². The molecular formula is C23H27NO2S2. The zero-order valence-corrected chi connectivity index (χ0v) is 17.9. The Hall–Kier alpha value is -1.43. The zero-order valence-electron chi connectivity index (χ0n) is 16.3. The van der Waals surface area contributed by atoms with Gasteiger partial charge in [-0.25, -0.2) is 0 Å². The lowest BCUT2D eigenvalue weighted by Gasteiger charge is -2.30. The third kappa shape index (κ3) is 4.42. The summed E-state index contributed by atoms with van der Waals surface area (Å²) in [4.78, 5) is 15.0. The number of carbonyl (C=O) groups is 1. The summed E-state index contributed by atoms with van der Waals surface area (Å²) in [6.45, 7) is 5.02. The van der Waals surface area contributed by atoms with Gasteiger partial charge in [-0.1, -0.05) is 42.0 Å². The first kappa shape index (κ1) is 19.9. The maximum atomic E-state index is 11.2. The summed E-state index contributed by atoms with van der Waals surface area (Å²) >= 11 is 3.98. The Bertz CT molecular complexity index is 846. The Labute approximate surface area is 175 Å². The highest BCUT2D eigenvalue weighted by molar-refractivity contribution is 8.00. The predicted molar refractivity (Wildman–Crippen MR) is 118 cm³/mol. The molecule has 1 unspecified atom stereocenters. The smallest absolute Gasteiger partial charge is 0.306 e. The van der Waals surface area contributed by atoms with E-state index < -0.39 is 5.97 Å². The molecule has 2 heterocycles. The summed E-state index contributed by atoms with van der Waals surface area (Å²) in [7, 11) is 0. The van der Waals surface area contributed by atoms with E-state index in [-0.39, 0.29) is 5.92 Å². The van der Waals surface area contributed by atoms with Crippen molar-refractivity contribution < 1.29 is 9.90 Å². The lowest BCUT2D eigenvalue weighted by Crippen LogP contribution is -2.37. The van der Waals surface area contributed by atoms with Crippen molar-refractivity contribution in [3.63, 3.8) is 0 Å². The number of likely N-dealkylation sites (tertiary alicyclic amines) is 1. The van der Waals surface area contributed by atoms with Crippen LogP contribution in [-0.2, 0) is 10.5 Å². The number of carboxylic acids is 1. The van der Waals surface area contributed by atoms with E-state index in [9.17, 15) is 9.90 Å². The molecule has 28 heavy (non-hydrogen) atoms. The summed E-state index contributed by atoms with van der Waals surface area (Å²) in [5.74, 6) is 1.32. The second-order valence-corrected chi connectivity index (χ2v) is 9.96. The fraction of sp³-hybridized carbons (Fsp3) is 0.435. The van der Waals surface area contributed by atoms with E-state index in [0.717, 1.165) is 44.0 Å². The minimum atomic E-state index is -0.631.